The molecule has 0 N–H and O–H groups in total. The molecule has 0 saturated heterocycles. The summed E-state index contributed by atoms with van der Waals surface area (Å²) in [5.74, 6) is 0. The maximum Gasteiger partial charge on any atom is 0.500 e. The lowest BCUT2D eigenvalue weighted by atomic mass is 10.2. The van der Waals surface area contributed by atoms with Crippen LogP contribution >= 0.6 is 0 Å². The number of hydrogen-bond acceptors (Lipinski definition) is 4. The second kappa shape index (κ2) is 26.7. The van der Waals surface area contributed by atoms with Gasteiger partial charge in [0.1, 0.15) is 0 Å². The first-order chi connectivity index (χ1) is 16.2. The van der Waals surface area contributed by atoms with Gasteiger partial charge in [0.05, 0.1) is 0 Å². The van der Waals surface area contributed by atoms with Crippen molar-refractivity contribution in [3.63, 3.8) is 0 Å². The Balaban J connectivity index is 4.74. The summed E-state index contributed by atoms with van der Waals surface area (Å²) in [6, 6.07) is 0.932. The van der Waals surface area contributed by atoms with E-state index in [4.69, 9.17) is 18.0 Å². The molecule has 0 unspecified atom stereocenters. The Hall–Kier alpha value is 0.0569. The maximum atomic E-state index is 6.55. The van der Waals surface area contributed by atoms with Crippen molar-refractivity contribution in [2.45, 2.75) is 149 Å². The molecule has 0 aliphatic heterocycles. The van der Waals surface area contributed by atoms with Crippen molar-refractivity contribution in [1.82, 2.24) is 0 Å². The highest BCUT2D eigenvalue weighted by atomic mass is 28.4. The van der Waals surface area contributed by atoms with Crippen molar-refractivity contribution < 1.29 is 18.0 Å². The van der Waals surface area contributed by atoms with Gasteiger partial charge in [0.2, 0.25) is 0 Å². The van der Waals surface area contributed by atoms with E-state index in [-0.39, 0.29) is 0 Å². The van der Waals surface area contributed by atoms with Gasteiger partial charge in [0.15, 0.2) is 0 Å². The summed E-state index contributed by atoms with van der Waals surface area (Å²) in [6.07, 6.45) is 22.0. The quantitative estimate of drug-likeness (QED) is 0.0812. The molecule has 0 aromatic rings. The Morgan fingerprint density at radius 2 is 0.758 bits per heavy atom. The van der Waals surface area contributed by atoms with Crippen LogP contribution in [0.1, 0.15) is 143 Å². The molecule has 0 fully saturated rings. The van der Waals surface area contributed by atoms with E-state index < -0.39 is 8.80 Å². The Labute approximate surface area is 209 Å². The predicted molar refractivity (Wildman–Crippen MR) is 145 cm³/mol. The lowest BCUT2D eigenvalue weighted by Gasteiger charge is -2.30. The van der Waals surface area contributed by atoms with Gasteiger partial charge in [0, 0.05) is 39.1 Å². The smallest absolute Gasteiger partial charge is 0.381 e. The molecule has 0 heterocycles. The van der Waals surface area contributed by atoms with E-state index in [1.165, 1.54) is 77.0 Å². The Morgan fingerprint density at radius 1 is 0.364 bits per heavy atom. The molecular weight excluding hydrogens is 428 g/mol. The van der Waals surface area contributed by atoms with Crippen LogP contribution in [0.3, 0.4) is 0 Å². The highest BCUT2D eigenvalue weighted by Gasteiger charge is 2.40. The van der Waals surface area contributed by atoms with Crippen molar-refractivity contribution in [2.75, 3.05) is 33.0 Å². The van der Waals surface area contributed by atoms with Crippen molar-refractivity contribution in [1.29, 1.82) is 0 Å². The third kappa shape index (κ3) is 22.3. The van der Waals surface area contributed by atoms with Gasteiger partial charge >= 0.3 is 8.80 Å². The van der Waals surface area contributed by atoms with Crippen LogP contribution < -0.4 is 0 Å². The molecule has 0 radical (unpaired) electrons. The van der Waals surface area contributed by atoms with Crippen LogP contribution in [-0.2, 0) is 18.0 Å². The maximum absolute atomic E-state index is 6.55. The summed E-state index contributed by atoms with van der Waals surface area (Å²) in [6.45, 7) is 13.0. The van der Waals surface area contributed by atoms with Crippen molar-refractivity contribution >= 4 is 8.80 Å². The first kappa shape index (κ1) is 33.1. The molecule has 0 aromatic carbocycles. The van der Waals surface area contributed by atoms with Crippen LogP contribution in [0.4, 0.5) is 0 Å². The van der Waals surface area contributed by atoms with Crippen LogP contribution in [0.2, 0.25) is 6.04 Å². The summed E-state index contributed by atoms with van der Waals surface area (Å²) in [4.78, 5) is 0. The zero-order valence-corrected chi connectivity index (χ0v) is 24.1. The largest absolute Gasteiger partial charge is 0.500 e. The van der Waals surface area contributed by atoms with Crippen LogP contribution in [0.15, 0.2) is 0 Å². The van der Waals surface area contributed by atoms with Gasteiger partial charge in [-0.1, -0.05) is 105 Å². The van der Waals surface area contributed by atoms with E-state index in [2.05, 4.69) is 27.7 Å². The van der Waals surface area contributed by atoms with E-state index in [0.29, 0.717) is 0 Å². The summed E-state index contributed by atoms with van der Waals surface area (Å²) < 4.78 is 25.3. The van der Waals surface area contributed by atoms with Gasteiger partial charge in [-0.2, -0.15) is 0 Å². The number of rotatable bonds is 28. The van der Waals surface area contributed by atoms with Gasteiger partial charge in [-0.05, 0) is 38.5 Å². The van der Waals surface area contributed by atoms with Crippen molar-refractivity contribution in [3.05, 3.63) is 0 Å². The fourth-order valence-electron chi connectivity index (χ4n) is 3.93. The highest BCUT2D eigenvalue weighted by molar-refractivity contribution is 6.60. The van der Waals surface area contributed by atoms with Crippen LogP contribution in [0.25, 0.3) is 0 Å². The lowest BCUT2D eigenvalue weighted by Crippen LogP contribution is -2.46. The van der Waals surface area contributed by atoms with E-state index in [0.717, 1.165) is 77.6 Å². The van der Waals surface area contributed by atoms with Crippen LogP contribution in [0, 0.1) is 0 Å². The SMILES string of the molecule is CCCCCCCO[Si](CCCCOCCC)(OCCCCCCC)OCCCCCCC. The highest BCUT2D eigenvalue weighted by Crippen LogP contribution is 2.22. The predicted octanol–water partition coefficient (Wildman–Crippen LogP) is 9.09. The minimum atomic E-state index is -2.63. The topological polar surface area (TPSA) is 36.9 Å². The Bertz CT molecular complexity index is 298. The second-order valence-electron chi connectivity index (χ2n) is 9.54. The molecule has 5 heteroatoms. The van der Waals surface area contributed by atoms with Gasteiger partial charge in [-0.25, -0.2) is 0 Å². The molecule has 0 spiro atoms. The summed E-state index contributed by atoms with van der Waals surface area (Å²) in [5.41, 5.74) is 0. The molecule has 0 atom stereocenters. The molecule has 4 nitrogen and oxygen atoms in total. The zero-order valence-electron chi connectivity index (χ0n) is 23.1. The molecule has 0 aliphatic rings. The molecule has 0 bridgehead atoms. The molecule has 200 valence electrons. The average Bonchev–Trinajstić information content (AvgIpc) is 2.83. The van der Waals surface area contributed by atoms with Gasteiger partial charge < -0.3 is 18.0 Å². The first-order valence-electron chi connectivity index (χ1n) is 14.7. The molecule has 0 rings (SSSR count). The lowest BCUT2D eigenvalue weighted by molar-refractivity contribution is 0.0537. The van der Waals surface area contributed by atoms with Gasteiger partial charge in [0.25, 0.3) is 0 Å². The zero-order chi connectivity index (χ0) is 24.3. The summed E-state index contributed by atoms with van der Waals surface area (Å²) >= 11 is 0. The molecule has 33 heavy (non-hydrogen) atoms. The van der Waals surface area contributed by atoms with Gasteiger partial charge in [-0.15, -0.1) is 0 Å². The molecule has 0 aliphatic carbocycles. The fraction of sp³-hybridized carbons (Fsp3) is 1.00. The number of hydrogen-bond donors (Lipinski definition) is 0. The Morgan fingerprint density at radius 3 is 1.15 bits per heavy atom. The summed E-state index contributed by atoms with van der Waals surface area (Å²) in [7, 11) is -2.63. The van der Waals surface area contributed by atoms with Crippen molar-refractivity contribution in [2.24, 2.45) is 0 Å². The molecule has 0 aromatic heterocycles. The minimum absolute atomic E-state index is 0.786. The number of unbranched alkanes of at least 4 members (excludes halogenated alkanes) is 13. The van der Waals surface area contributed by atoms with Crippen LogP contribution in [0.5, 0.6) is 0 Å². The molecule has 0 amide bonds. The van der Waals surface area contributed by atoms with Gasteiger partial charge in [-0.3, -0.25) is 0 Å². The third-order valence-electron chi connectivity index (χ3n) is 6.08. The fourth-order valence-corrected chi connectivity index (χ4v) is 6.67. The molecule has 0 saturated carbocycles. The van der Waals surface area contributed by atoms with E-state index >= 15 is 0 Å². The minimum Gasteiger partial charge on any atom is -0.381 e. The van der Waals surface area contributed by atoms with E-state index in [1.807, 2.05) is 0 Å². The monoisotopic (exact) mass is 488 g/mol. The molecular formula is C28H60O4Si. The third-order valence-corrected chi connectivity index (χ3v) is 8.98. The van der Waals surface area contributed by atoms with Crippen molar-refractivity contribution in [3.8, 4) is 0 Å². The standard InChI is InChI=1S/C28H60O4Si/c1-5-9-12-15-18-25-30-33(28-22-21-24-29-23-8-4,31-26-19-16-13-10-6-2)32-27-20-17-14-11-7-3/h5-28H2,1-4H3. The van der Waals surface area contributed by atoms with E-state index in [1.54, 1.807) is 0 Å². The second-order valence-corrected chi connectivity index (χ2v) is 12.3. The van der Waals surface area contributed by atoms with E-state index in [9.17, 15) is 0 Å². The Kier molecular flexibility index (Phi) is 26.7. The van der Waals surface area contributed by atoms with Crippen LogP contribution in [-0.4, -0.2) is 41.8 Å². The average molecular weight is 489 g/mol. The normalized spacial score (nSPS) is 12.0. The number of ether oxygens (including phenoxy) is 1. The summed E-state index contributed by atoms with van der Waals surface area (Å²) in [5, 5.41) is 0. The first-order valence-corrected chi connectivity index (χ1v) is 16.7.